The van der Waals surface area contributed by atoms with Gasteiger partial charge < -0.3 is 20.5 Å². The van der Waals surface area contributed by atoms with Gasteiger partial charge in [-0.25, -0.2) is 19.3 Å². The van der Waals surface area contributed by atoms with E-state index in [4.69, 9.17) is 4.74 Å². The Kier molecular flexibility index (Phi) is 9.40. The number of nitrogens with one attached hydrogen (secondary N) is 2. The van der Waals surface area contributed by atoms with Gasteiger partial charge in [-0.15, -0.1) is 0 Å². The highest BCUT2D eigenvalue weighted by atomic mass is 32.2. The lowest BCUT2D eigenvalue weighted by atomic mass is 9.89. The van der Waals surface area contributed by atoms with Crippen LogP contribution in [0.15, 0.2) is 76.2 Å². The quantitative estimate of drug-likeness (QED) is 0.210. The van der Waals surface area contributed by atoms with Gasteiger partial charge in [0.1, 0.15) is 11.4 Å². The van der Waals surface area contributed by atoms with Crippen molar-refractivity contribution >= 4 is 40.0 Å². The molecule has 1 atom stereocenters. The second-order valence-electron chi connectivity index (χ2n) is 8.50. The minimum absolute atomic E-state index is 0.0630. The normalized spacial score (nSPS) is 12.6. The lowest BCUT2D eigenvalue weighted by molar-refractivity contribution is 0.0260. The molecule has 3 N–H and O–H groups in total. The van der Waals surface area contributed by atoms with Crippen molar-refractivity contribution in [2.24, 2.45) is 0 Å². The third-order valence-electron chi connectivity index (χ3n) is 5.65. The van der Waals surface area contributed by atoms with Gasteiger partial charge in [0.2, 0.25) is 0 Å². The molecule has 3 heterocycles. The molecule has 1 amide bonds. The number of carbonyl (C=O) groups excluding carboxylic acids is 1. The summed E-state index contributed by atoms with van der Waals surface area (Å²) < 4.78 is 21.1. The predicted octanol–water partition coefficient (Wildman–Crippen LogP) is 5.53. The van der Waals surface area contributed by atoms with E-state index in [9.17, 15) is 9.90 Å². The number of hydrogen-bond donors (Lipinski definition) is 3. The second-order valence-corrected chi connectivity index (χ2v) is 10.9. The van der Waals surface area contributed by atoms with Crippen LogP contribution < -0.4 is 10.6 Å². The first-order chi connectivity index (χ1) is 18.4. The zero-order valence-corrected chi connectivity index (χ0v) is 22.6. The Morgan fingerprint density at radius 2 is 1.95 bits per heavy atom. The molecule has 4 aromatic rings. The van der Waals surface area contributed by atoms with Gasteiger partial charge in [-0.2, -0.15) is 0 Å². The van der Waals surface area contributed by atoms with E-state index in [1.807, 2.05) is 49.4 Å². The van der Waals surface area contributed by atoms with Crippen LogP contribution in [0.1, 0.15) is 41.4 Å². The Morgan fingerprint density at radius 1 is 1.13 bits per heavy atom. The second kappa shape index (κ2) is 12.9. The first kappa shape index (κ1) is 27.6. The molecule has 0 saturated carbocycles. The number of benzene rings is 1. The number of amides is 1. The number of thiazole rings is 1. The molecule has 1 aromatic carbocycles. The van der Waals surface area contributed by atoms with Crippen LogP contribution in [0.3, 0.4) is 0 Å². The molecule has 3 aromatic heterocycles. The third kappa shape index (κ3) is 6.93. The number of nitrogens with zero attached hydrogens (tertiary/aromatic N) is 3. The molecule has 0 aliphatic carbocycles. The van der Waals surface area contributed by atoms with E-state index in [0.717, 1.165) is 21.5 Å². The minimum Gasteiger partial charge on any atom is -0.383 e. The van der Waals surface area contributed by atoms with Gasteiger partial charge in [0, 0.05) is 19.5 Å². The molecule has 0 aliphatic rings. The summed E-state index contributed by atoms with van der Waals surface area (Å²) in [6.07, 6.45) is 5.89. The van der Waals surface area contributed by atoms with E-state index in [1.165, 1.54) is 23.6 Å². The number of rotatable bonds is 12. The van der Waals surface area contributed by atoms with Crippen molar-refractivity contribution in [1.82, 2.24) is 20.3 Å². The van der Waals surface area contributed by atoms with E-state index in [0.29, 0.717) is 36.0 Å². The summed E-state index contributed by atoms with van der Waals surface area (Å²) >= 11 is 2.48. The molecule has 0 aliphatic heterocycles. The standard InChI is InChI=1S/C27H28FN5O3S2/c1-3-12-27(35,19-7-5-4-6-8-19)17-32-25(34)24-23(28)20(11-13-29-24)37-22-15-31-26(38-22)33-21-10-9-18(14-30-21)16-36-2/h4-11,13-15,35H,3,12,16-17H2,1-2H3,(H,32,34)(H,30,31,33). The summed E-state index contributed by atoms with van der Waals surface area (Å²) in [5, 5.41) is 17.6. The number of halogens is 1. The summed E-state index contributed by atoms with van der Waals surface area (Å²) in [7, 11) is 1.63. The van der Waals surface area contributed by atoms with Crippen LogP contribution in [0, 0.1) is 5.82 Å². The van der Waals surface area contributed by atoms with Crippen LogP contribution in [-0.2, 0) is 16.9 Å². The molecule has 0 saturated heterocycles. The van der Waals surface area contributed by atoms with Crippen LogP contribution in [-0.4, -0.2) is 39.6 Å². The zero-order chi connectivity index (χ0) is 27.0. The molecule has 38 heavy (non-hydrogen) atoms. The maximum Gasteiger partial charge on any atom is 0.273 e. The Labute approximate surface area is 228 Å². The third-order valence-corrected chi connectivity index (χ3v) is 7.70. The minimum atomic E-state index is -1.26. The largest absolute Gasteiger partial charge is 0.383 e. The number of ether oxygens (including phenoxy) is 1. The van der Waals surface area contributed by atoms with Crippen LogP contribution in [0.5, 0.6) is 0 Å². The molecule has 198 valence electrons. The number of carbonyl (C=O) groups is 1. The molecule has 0 radical (unpaired) electrons. The van der Waals surface area contributed by atoms with Crippen molar-refractivity contribution in [3.05, 3.63) is 89.8 Å². The predicted molar refractivity (Wildman–Crippen MR) is 146 cm³/mol. The van der Waals surface area contributed by atoms with Crippen LogP contribution in [0.4, 0.5) is 15.3 Å². The average Bonchev–Trinajstić information content (AvgIpc) is 3.37. The van der Waals surface area contributed by atoms with Gasteiger partial charge in [0.25, 0.3) is 5.91 Å². The molecule has 8 nitrogen and oxygen atoms in total. The number of methoxy groups -OCH3 is 1. The summed E-state index contributed by atoms with van der Waals surface area (Å²) in [5.74, 6) is -0.791. The van der Waals surface area contributed by atoms with Gasteiger partial charge >= 0.3 is 0 Å². The molecule has 0 spiro atoms. The zero-order valence-electron chi connectivity index (χ0n) is 21.0. The highest BCUT2D eigenvalue weighted by Crippen LogP contribution is 2.36. The maximum absolute atomic E-state index is 15.3. The van der Waals surface area contributed by atoms with Gasteiger partial charge in [-0.05, 0) is 29.7 Å². The van der Waals surface area contributed by atoms with Crippen molar-refractivity contribution in [3.63, 3.8) is 0 Å². The van der Waals surface area contributed by atoms with E-state index < -0.39 is 17.3 Å². The van der Waals surface area contributed by atoms with Crippen molar-refractivity contribution in [1.29, 1.82) is 0 Å². The maximum atomic E-state index is 15.3. The molecular formula is C27H28FN5O3S2. The highest BCUT2D eigenvalue weighted by Gasteiger charge is 2.29. The van der Waals surface area contributed by atoms with Gasteiger partial charge in [0.15, 0.2) is 16.6 Å². The SMILES string of the molecule is CCCC(O)(CNC(=O)c1nccc(Sc2cnc(Nc3ccc(COC)cn3)s2)c1F)c1ccccc1. The van der Waals surface area contributed by atoms with Crippen molar-refractivity contribution in [2.75, 3.05) is 19.0 Å². The van der Waals surface area contributed by atoms with E-state index in [1.54, 1.807) is 19.5 Å². The van der Waals surface area contributed by atoms with Gasteiger partial charge in [0.05, 0.1) is 28.5 Å². The topological polar surface area (TPSA) is 109 Å². The number of pyridine rings is 2. The van der Waals surface area contributed by atoms with Crippen LogP contribution in [0.25, 0.3) is 0 Å². The lowest BCUT2D eigenvalue weighted by Crippen LogP contribution is -2.41. The summed E-state index contributed by atoms with van der Waals surface area (Å²) in [5.41, 5.74) is 0.0525. The van der Waals surface area contributed by atoms with Crippen LogP contribution in [0.2, 0.25) is 0 Å². The number of anilines is 2. The van der Waals surface area contributed by atoms with E-state index in [-0.39, 0.29) is 17.1 Å². The first-order valence-electron chi connectivity index (χ1n) is 12.0. The van der Waals surface area contributed by atoms with Crippen molar-refractivity contribution < 1.29 is 19.0 Å². The Morgan fingerprint density at radius 3 is 2.66 bits per heavy atom. The fourth-order valence-corrected chi connectivity index (χ4v) is 5.67. The van der Waals surface area contributed by atoms with E-state index >= 15 is 4.39 Å². The van der Waals surface area contributed by atoms with Crippen molar-refractivity contribution in [3.8, 4) is 0 Å². The van der Waals surface area contributed by atoms with Crippen LogP contribution >= 0.6 is 23.1 Å². The molecule has 4 rings (SSSR count). The molecule has 0 fully saturated rings. The fourth-order valence-electron chi connectivity index (χ4n) is 3.80. The summed E-state index contributed by atoms with van der Waals surface area (Å²) in [6.45, 7) is 2.37. The number of aliphatic hydroxyl groups is 1. The number of aromatic nitrogens is 3. The fraction of sp³-hybridized carbons (Fsp3) is 0.259. The van der Waals surface area contributed by atoms with Gasteiger partial charge in [-0.1, -0.05) is 72.8 Å². The van der Waals surface area contributed by atoms with Crippen molar-refractivity contribution in [2.45, 2.75) is 41.1 Å². The molecule has 1 unspecified atom stereocenters. The number of hydrogen-bond acceptors (Lipinski definition) is 9. The Bertz CT molecular complexity index is 1350. The smallest absolute Gasteiger partial charge is 0.273 e. The molecule has 0 bridgehead atoms. The summed E-state index contributed by atoms with van der Waals surface area (Å²) in [6, 6.07) is 14.4. The lowest BCUT2D eigenvalue weighted by Gasteiger charge is -2.28. The van der Waals surface area contributed by atoms with E-state index in [2.05, 4.69) is 25.6 Å². The first-order valence-corrected chi connectivity index (χ1v) is 13.6. The molecule has 11 heteroatoms. The highest BCUT2D eigenvalue weighted by molar-refractivity contribution is 8.01. The van der Waals surface area contributed by atoms with Gasteiger partial charge in [-0.3, -0.25) is 4.79 Å². The average molecular weight is 554 g/mol. The molecular weight excluding hydrogens is 525 g/mol. The Balaban J connectivity index is 1.41. The monoisotopic (exact) mass is 553 g/mol. The summed E-state index contributed by atoms with van der Waals surface area (Å²) in [4.78, 5) is 25.7. The Hall–Kier alpha value is -3.38.